The molecule has 1 aromatic rings. The van der Waals surface area contributed by atoms with Crippen LogP contribution in [0.1, 0.15) is 24.2 Å². The molecule has 0 unspecified atom stereocenters. The van der Waals surface area contributed by atoms with Crippen LogP contribution in [0.2, 0.25) is 0 Å². The average Bonchev–Trinajstić information content (AvgIpc) is 1.99. The van der Waals surface area contributed by atoms with E-state index >= 15 is 0 Å². The maximum atomic E-state index is 5.89. The average molecular weight is 212 g/mol. The Morgan fingerprint density at radius 1 is 1.29 bits per heavy atom. The lowest BCUT2D eigenvalue weighted by molar-refractivity contribution is 0.452. The van der Waals surface area contributed by atoms with E-state index in [1.165, 1.54) is 0 Å². The maximum absolute atomic E-state index is 5.89. The molecule has 0 amide bonds. The first-order chi connectivity index (χ1) is 6.63. The third kappa shape index (κ3) is 2.15. The Labute approximate surface area is 88.9 Å². The summed E-state index contributed by atoms with van der Waals surface area (Å²) in [5, 5.41) is 3.62. The quantitative estimate of drug-likeness (QED) is 0.763. The van der Waals surface area contributed by atoms with Crippen LogP contribution < -0.4 is 5.32 Å². The summed E-state index contributed by atoms with van der Waals surface area (Å²) >= 11 is 5.89. The second-order valence-electron chi connectivity index (χ2n) is 3.88. The van der Waals surface area contributed by atoms with Crippen molar-refractivity contribution in [3.63, 3.8) is 0 Å². The number of hydrogen-bond acceptors (Lipinski definition) is 3. The molecule has 0 spiro atoms. The summed E-state index contributed by atoms with van der Waals surface area (Å²) in [5.74, 6) is 0.732. The Balaban J connectivity index is 2.02. The predicted molar refractivity (Wildman–Crippen MR) is 57.8 cm³/mol. The van der Waals surface area contributed by atoms with Gasteiger partial charge in [0.05, 0.1) is 0 Å². The summed E-state index contributed by atoms with van der Waals surface area (Å²) in [7, 11) is 0. The Hall–Kier alpha value is -0.830. The van der Waals surface area contributed by atoms with Gasteiger partial charge in [-0.25, -0.2) is 9.97 Å². The van der Waals surface area contributed by atoms with Gasteiger partial charge < -0.3 is 5.32 Å². The normalized spacial score (nSPS) is 25.6. The Kier molecular flexibility index (Phi) is 2.59. The minimum atomic E-state index is 0.332. The summed E-state index contributed by atoms with van der Waals surface area (Å²) in [6, 6.07) is 2.43. The van der Waals surface area contributed by atoms with E-state index in [1.54, 1.807) is 0 Å². The second kappa shape index (κ2) is 3.73. The Bertz CT molecular complexity index is 314. The zero-order valence-corrected chi connectivity index (χ0v) is 9.17. The fourth-order valence-electron chi connectivity index (χ4n) is 1.64. The fourth-order valence-corrected chi connectivity index (χ4v) is 2.07. The van der Waals surface area contributed by atoms with Crippen LogP contribution in [-0.2, 0) is 0 Å². The standard InChI is InChI=1S/C10H14ClN3/c1-6-3-7(2)13-10(12-6)14-9-4-8(11)5-9/h3,8-9H,4-5H2,1-2H3,(H,12,13,14). The SMILES string of the molecule is Cc1cc(C)nc(NC2CC(Cl)C2)n1. The van der Waals surface area contributed by atoms with Gasteiger partial charge in [-0.15, -0.1) is 11.6 Å². The van der Waals surface area contributed by atoms with Crippen molar-refractivity contribution in [1.29, 1.82) is 0 Å². The van der Waals surface area contributed by atoms with E-state index < -0.39 is 0 Å². The Morgan fingerprint density at radius 3 is 2.36 bits per heavy atom. The van der Waals surface area contributed by atoms with Crippen molar-refractivity contribution in [2.75, 3.05) is 5.32 Å². The van der Waals surface area contributed by atoms with Crippen LogP contribution in [0, 0.1) is 13.8 Å². The summed E-state index contributed by atoms with van der Waals surface area (Å²) in [4.78, 5) is 8.63. The van der Waals surface area contributed by atoms with Gasteiger partial charge in [0.1, 0.15) is 0 Å². The van der Waals surface area contributed by atoms with E-state index in [9.17, 15) is 0 Å². The van der Waals surface area contributed by atoms with Gasteiger partial charge in [-0.2, -0.15) is 0 Å². The van der Waals surface area contributed by atoms with Crippen molar-refractivity contribution in [2.24, 2.45) is 0 Å². The number of alkyl halides is 1. The Morgan fingerprint density at radius 2 is 1.86 bits per heavy atom. The zero-order chi connectivity index (χ0) is 10.1. The van der Waals surface area contributed by atoms with Crippen molar-refractivity contribution in [2.45, 2.75) is 38.1 Å². The molecule has 14 heavy (non-hydrogen) atoms. The lowest BCUT2D eigenvalue weighted by Gasteiger charge is -2.31. The van der Waals surface area contributed by atoms with E-state index in [-0.39, 0.29) is 0 Å². The molecular formula is C10H14ClN3. The molecule has 1 N–H and O–H groups in total. The van der Waals surface area contributed by atoms with Crippen LogP contribution in [0.5, 0.6) is 0 Å². The van der Waals surface area contributed by atoms with Crippen LogP contribution in [0.25, 0.3) is 0 Å². The van der Waals surface area contributed by atoms with E-state index in [1.807, 2.05) is 19.9 Å². The lowest BCUT2D eigenvalue weighted by Crippen LogP contribution is -2.36. The van der Waals surface area contributed by atoms with Crippen LogP contribution in [0.4, 0.5) is 5.95 Å². The van der Waals surface area contributed by atoms with Crippen molar-refractivity contribution in [1.82, 2.24) is 9.97 Å². The van der Waals surface area contributed by atoms with Crippen LogP contribution in [0.3, 0.4) is 0 Å². The number of aromatic nitrogens is 2. The summed E-state index contributed by atoms with van der Waals surface area (Å²) in [5.41, 5.74) is 2.00. The molecule has 2 rings (SSSR count). The third-order valence-electron chi connectivity index (χ3n) is 2.40. The number of halogens is 1. The highest BCUT2D eigenvalue weighted by Crippen LogP contribution is 2.27. The second-order valence-corrected chi connectivity index (χ2v) is 4.50. The number of nitrogens with one attached hydrogen (secondary N) is 1. The van der Waals surface area contributed by atoms with Gasteiger partial charge in [0, 0.05) is 22.8 Å². The van der Waals surface area contributed by atoms with Gasteiger partial charge in [0.2, 0.25) is 5.95 Å². The predicted octanol–water partition coefficient (Wildman–Crippen LogP) is 2.28. The number of nitrogens with zero attached hydrogens (tertiary/aromatic N) is 2. The molecule has 4 heteroatoms. The van der Waals surface area contributed by atoms with Crippen LogP contribution >= 0.6 is 11.6 Å². The molecule has 3 nitrogen and oxygen atoms in total. The molecule has 1 saturated carbocycles. The molecule has 0 aliphatic heterocycles. The molecule has 1 heterocycles. The number of aryl methyl sites for hydroxylation is 2. The van der Waals surface area contributed by atoms with E-state index in [0.717, 1.165) is 30.2 Å². The summed E-state index contributed by atoms with van der Waals surface area (Å²) in [6.07, 6.45) is 2.02. The monoisotopic (exact) mass is 211 g/mol. The topological polar surface area (TPSA) is 37.8 Å². The number of hydrogen-bond donors (Lipinski definition) is 1. The maximum Gasteiger partial charge on any atom is 0.223 e. The van der Waals surface area contributed by atoms with Crippen molar-refractivity contribution >= 4 is 17.5 Å². The lowest BCUT2D eigenvalue weighted by atomic mass is 9.93. The fraction of sp³-hybridized carbons (Fsp3) is 0.600. The van der Waals surface area contributed by atoms with Gasteiger partial charge >= 0.3 is 0 Å². The molecule has 76 valence electrons. The molecule has 1 fully saturated rings. The minimum absolute atomic E-state index is 0.332. The van der Waals surface area contributed by atoms with E-state index in [0.29, 0.717) is 11.4 Å². The molecule has 1 aromatic heterocycles. The largest absolute Gasteiger partial charge is 0.351 e. The molecule has 0 radical (unpaired) electrons. The molecular weight excluding hydrogens is 198 g/mol. The van der Waals surface area contributed by atoms with E-state index in [2.05, 4.69) is 15.3 Å². The highest BCUT2D eigenvalue weighted by molar-refractivity contribution is 6.21. The van der Waals surface area contributed by atoms with Gasteiger partial charge in [-0.05, 0) is 32.8 Å². The van der Waals surface area contributed by atoms with Crippen molar-refractivity contribution in [3.8, 4) is 0 Å². The van der Waals surface area contributed by atoms with Crippen molar-refractivity contribution < 1.29 is 0 Å². The highest BCUT2D eigenvalue weighted by atomic mass is 35.5. The van der Waals surface area contributed by atoms with Gasteiger partial charge in [0.25, 0.3) is 0 Å². The molecule has 1 aliphatic carbocycles. The number of anilines is 1. The third-order valence-corrected chi connectivity index (χ3v) is 2.75. The first-order valence-corrected chi connectivity index (χ1v) is 5.30. The van der Waals surface area contributed by atoms with E-state index in [4.69, 9.17) is 11.6 Å². The van der Waals surface area contributed by atoms with Crippen LogP contribution in [-0.4, -0.2) is 21.4 Å². The zero-order valence-electron chi connectivity index (χ0n) is 8.42. The first kappa shape index (κ1) is 9.71. The van der Waals surface area contributed by atoms with Gasteiger partial charge in [-0.3, -0.25) is 0 Å². The molecule has 0 atom stereocenters. The van der Waals surface area contributed by atoms with Gasteiger partial charge in [-0.1, -0.05) is 0 Å². The molecule has 0 aromatic carbocycles. The minimum Gasteiger partial charge on any atom is -0.351 e. The molecule has 1 aliphatic rings. The highest BCUT2D eigenvalue weighted by Gasteiger charge is 2.27. The molecule has 0 bridgehead atoms. The van der Waals surface area contributed by atoms with Crippen LogP contribution in [0.15, 0.2) is 6.07 Å². The smallest absolute Gasteiger partial charge is 0.223 e. The summed E-state index contributed by atoms with van der Waals surface area (Å²) in [6.45, 7) is 3.95. The first-order valence-electron chi connectivity index (χ1n) is 4.86. The van der Waals surface area contributed by atoms with Crippen molar-refractivity contribution in [3.05, 3.63) is 17.5 Å². The molecule has 0 saturated heterocycles. The number of rotatable bonds is 2. The van der Waals surface area contributed by atoms with Gasteiger partial charge in [0.15, 0.2) is 0 Å². The summed E-state index contributed by atoms with van der Waals surface area (Å²) < 4.78 is 0.